The third kappa shape index (κ3) is 51.6. The molecule has 398 valence electrons. The number of phosphoric ester groups is 1. The standard InChI is InChI=1S/C57H106NO9P/c1-4-7-10-13-16-19-22-25-27-30-32-35-38-41-44-47-55(59)58-50-51-65-68(62,63)66-53-54(52-64-56(60)48-45-42-39-36-33-29-24-21-18-15-12-9-6-3)67-57(61)49-46-43-40-37-34-31-28-26-23-20-17-14-11-8-5-2/h16,19,25-28,54H,4-15,17-18,20-24,29-53H2,1-3H3,(H,58,59)(H,62,63)/b19-16-,27-25-,28-26-/t54-/m1/s1. The maximum atomic E-state index is 12.8. The molecule has 0 fully saturated rings. The molecule has 2 N–H and O–H groups in total. The number of phosphoric acid groups is 1. The van der Waals surface area contributed by atoms with Crippen molar-refractivity contribution in [1.29, 1.82) is 0 Å². The monoisotopic (exact) mass is 980 g/mol. The van der Waals surface area contributed by atoms with Crippen molar-refractivity contribution in [3.8, 4) is 0 Å². The lowest BCUT2D eigenvalue weighted by molar-refractivity contribution is -0.161. The van der Waals surface area contributed by atoms with Gasteiger partial charge in [0.2, 0.25) is 5.91 Å². The van der Waals surface area contributed by atoms with Crippen molar-refractivity contribution in [2.75, 3.05) is 26.4 Å². The van der Waals surface area contributed by atoms with E-state index in [9.17, 15) is 23.8 Å². The van der Waals surface area contributed by atoms with Gasteiger partial charge in [-0.1, -0.05) is 218 Å². The quantitative estimate of drug-likeness (QED) is 0.0264. The lowest BCUT2D eigenvalue weighted by Gasteiger charge is -2.20. The minimum Gasteiger partial charge on any atom is -0.462 e. The van der Waals surface area contributed by atoms with Crippen LogP contribution in [-0.2, 0) is 37.5 Å². The van der Waals surface area contributed by atoms with Crippen LogP contribution in [0, 0.1) is 0 Å². The smallest absolute Gasteiger partial charge is 0.462 e. The van der Waals surface area contributed by atoms with E-state index in [1.54, 1.807) is 0 Å². The van der Waals surface area contributed by atoms with Crippen molar-refractivity contribution < 1.29 is 42.4 Å². The Morgan fingerprint density at radius 2 is 0.824 bits per heavy atom. The zero-order chi connectivity index (χ0) is 49.7. The van der Waals surface area contributed by atoms with E-state index < -0.39 is 32.5 Å². The summed E-state index contributed by atoms with van der Waals surface area (Å²) in [6.45, 7) is 5.80. The summed E-state index contributed by atoms with van der Waals surface area (Å²) in [7, 11) is -4.54. The number of amides is 1. The Balaban J connectivity index is 4.52. The highest BCUT2D eigenvalue weighted by Gasteiger charge is 2.26. The number of nitrogens with one attached hydrogen (secondary N) is 1. The van der Waals surface area contributed by atoms with Gasteiger partial charge in [0, 0.05) is 25.8 Å². The molecule has 0 spiro atoms. The second-order valence-corrected chi connectivity index (χ2v) is 20.5. The fourth-order valence-corrected chi connectivity index (χ4v) is 8.75. The summed E-state index contributed by atoms with van der Waals surface area (Å²) in [5.74, 6) is -0.999. The van der Waals surface area contributed by atoms with Gasteiger partial charge in [0.05, 0.1) is 13.2 Å². The second-order valence-electron chi connectivity index (χ2n) is 19.1. The van der Waals surface area contributed by atoms with Crippen molar-refractivity contribution in [3.05, 3.63) is 36.5 Å². The summed E-state index contributed by atoms with van der Waals surface area (Å²) >= 11 is 0. The maximum Gasteiger partial charge on any atom is 0.472 e. The molecule has 68 heavy (non-hydrogen) atoms. The molecule has 0 aromatic rings. The Kier molecular flexibility index (Phi) is 50.8. The van der Waals surface area contributed by atoms with Crippen molar-refractivity contribution in [2.24, 2.45) is 0 Å². The SMILES string of the molecule is CCCCC/C=C\C/C=C\CCCCCCCC(=O)NCCOP(=O)(O)OC[C@@H](COC(=O)CCCCCCCCCCCCCCC)OC(=O)CCCCCCC/C=C\CCCCCCCC. The molecule has 1 amide bonds. The average Bonchev–Trinajstić information content (AvgIpc) is 3.32. The van der Waals surface area contributed by atoms with Gasteiger partial charge < -0.3 is 19.7 Å². The van der Waals surface area contributed by atoms with Gasteiger partial charge in [-0.3, -0.25) is 23.4 Å². The number of carbonyl (C=O) groups excluding carboxylic acids is 3. The van der Waals surface area contributed by atoms with Crippen molar-refractivity contribution in [1.82, 2.24) is 5.32 Å². The molecule has 0 bridgehead atoms. The van der Waals surface area contributed by atoms with Crippen LogP contribution >= 0.6 is 7.82 Å². The molecule has 0 rings (SSSR count). The molecule has 2 atom stereocenters. The summed E-state index contributed by atoms with van der Waals surface area (Å²) in [6.07, 6.45) is 56.4. The number of rotatable bonds is 53. The zero-order valence-corrected chi connectivity index (χ0v) is 45.2. The molecule has 1 unspecified atom stereocenters. The third-order valence-electron chi connectivity index (χ3n) is 12.3. The van der Waals surface area contributed by atoms with Crippen LogP contribution in [0.1, 0.15) is 278 Å². The Morgan fingerprint density at radius 3 is 1.29 bits per heavy atom. The minimum atomic E-state index is -4.54. The lowest BCUT2D eigenvalue weighted by atomic mass is 10.0. The van der Waals surface area contributed by atoms with Crippen LogP contribution in [0.2, 0.25) is 0 Å². The Bertz CT molecular complexity index is 1270. The number of hydrogen-bond acceptors (Lipinski definition) is 8. The lowest BCUT2D eigenvalue weighted by Crippen LogP contribution is -2.30. The van der Waals surface area contributed by atoms with Crippen LogP contribution in [-0.4, -0.2) is 55.2 Å². The number of esters is 2. The van der Waals surface area contributed by atoms with E-state index in [0.717, 1.165) is 96.3 Å². The second kappa shape index (κ2) is 52.6. The van der Waals surface area contributed by atoms with Crippen LogP contribution in [0.5, 0.6) is 0 Å². The molecule has 0 aromatic heterocycles. The highest BCUT2D eigenvalue weighted by Crippen LogP contribution is 2.43. The molecule has 0 aliphatic heterocycles. The molecule has 0 aliphatic rings. The van der Waals surface area contributed by atoms with Gasteiger partial charge in [-0.05, 0) is 77.0 Å². The molecule has 0 heterocycles. The van der Waals surface area contributed by atoms with Crippen LogP contribution in [0.25, 0.3) is 0 Å². The summed E-state index contributed by atoms with van der Waals surface area (Å²) in [4.78, 5) is 48.1. The zero-order valence-electron chi connectivity index (χ0n) is 44.3. The fourth-order valence-electron chi connectivity index (χ4n) is 8.00. The molecule has 0 saturated carbocycles. The molecule has 0 aliphatic carbocycles. The number of unbranched alkanes of at least 4 members (excludes halogenated alkanes) is 31. The summed E-state index contributed by atoms with van der Waals surface area (Å²) in [6, 6.07) is 0. The van der Waals surface area contributed by atoms with Gasteiger partial charge in [-0.2, -0.15) is 0 Å². The average molecular weight is 980 g/mol. The first-order chi connectivity index (χ1) is 33.2. The van der Waals surface area contributed by atoms with Crippen molar-refractivity contribution >= 4 is 25.7 Å². The van der Waals surface area contributed by atoms with Gasteiger partial charge in [0.15, 0.2) is 6.10 Å². The molecule has 10 nitrogen and oxygen atoms in total. The fraction of sp³-hybridized carbons (Fsp3) is 0.842. The van der Waals surface area contributed by atoms with E-state index in [4.69, 9.17) is 18.5 Å². The number of allylic oxidation sites excluding steroid dienone is 6. The molecular weight excluding hydrogens is 874 g/mol. The molecule has 0 saturated heterocycles. The van der Waals surface area contributed by atoms with E-state index in [1.807, 2.05) is 0 Å². The minimum absolute atomic E-state index is 0.0538. The van der Waals surface area contributed by atoms with E-state index >= 15 is 0 Å². The highest BCUT2D eigenvalue weighted by molar-refractivity contribution is 7.47. The first kappa shape index (κ1) is 65.7. The molecular formula is C57H106NO9P. The van der Waals surface area contributed by atoms with E-state index in [-0.39, 0.29) is 38.5 Å². The molecule has 0 aromatic carbocycles. The highest BCUT2D eigenvalue weighted by atomic mass is 31.2. The molecule has 11 heteroatoms. The molecule has 0 radical (unpaired) electrons. The van der Waals surface area contributed by atoms with Crippen LogP contribution in [0.3, 0.4) is 0 Å². The van der Waals surface area contributed by atoms with Gasteiger partial charge in [0.1, 0.15) is 6.61 Å². The van der Waals surface area contributed by atoms with Crippen molar-refractivity contribution in [2.45, 2.75) is 284 Å². The van der Waals surface area contributed by atoms with Crippen LogP contribution < -0.4 is 5.32 Å². The topological polar surface area (TPSA) is 137 Å². The number of carbonyl (C=O) groups is 3. The first-order valence-electron chi connectivity index (χ1n) is 28.4. The first-order valence-corrected chi connectivity index (χ1v) is 29.9. The predicted molar refractivity (Wildman–Crippen MR) is 285 cm³/mol. The maximum absolute atomic E-state index is 12.8. The van der Waals surface area contributed by atoms with E-state index in [0.29, 0.717) is 12.8 Å². The predicted octanol–water partition coefficient (Wildman–Crippen LogP) is 17.0. The third-order valence-corrected chi connectivity index (χ3v) is 13.3. The number of ether oxygens (including phenoxy) is 2. The van der Waals surface area contributed by atoms with Crippen LogP contribution in [0.15, 0.2) is 36.5 Å². The Labute approximate surface area is 418 Å². The largest absolute Gasteiger partial charge is 0.472 e. The van der Waals surface area contributed by atoms with Crippen LogP contribution in [0.4, 0.5) is 0 Å². The van der Waals surface area contributed by atoms with Gasteiger partial charge in [0.25, 0.3) is 0 Å². The van der Waals surface area contributed by atoms with Gasteiger partial charge >= 0.3 is 19.8 Å². The summed E-state index contributed by atoms with van der Waals surface area (Å²) in [5, 5.41) is 2.73. The summed E-state index contributed by atoms with van der Waals surface area (Å²) in [5.41, 5.74) is 0. The Hall–Kier alpha value is -2.26. The van der Waals surface area contributed by atoms with E-state index in [2.05, 4.69) is 62.5 Å². The Morgan fingerprint density at radius 1 is 0.456 bits per heavy atom. The van der Waals surface area contributed by atoms with E-state index in [1.165, 1.54) is 135 Å². The normalized spacial score (nSPS) is 13.2. The van der Waals surface area contributed by atoms with Gasteiger partial charge in [-0.15, -0.1) is 0 Å². The van der Waals surface area contributed by atoms with Crippen molar-refractivity contribution in [3.63, 3.8) is 0 Å². The number of hydrogen-bond donors (Lipinski definition) is 2. The summed E-state index contributed by atoms with van der Waals surface area (Å²) < 4.78 is 34.1. The van der Waals surface area contributed by atoms with Gasteiger partial charge in [-0.25, -0.2) is 4.57 Å².